The minimum Gasteiger partial charge on any atom is -0.507 e. The zero-order chi connectivity index (χ0) is 27.1. The van der Waals surface area contributed by atoms with Crippen molar-refractivity contribution in [3.05, 3.63) is 89.3 Å². The molecule has 1 aromatic heterocycles. The van der Waals surface area contributed by atoms with Gasteiger partial charge in [0.1, 0.15) is 11.5 Å². The predicted molar refractivity (Wildman–Crippen MR) is 143 cm³/mol. The van der Waals surface area contributed by atoms with Crippen LogP contribution in [0.25, 0.3) is 5.76 Å². The van der Waals surface area contributed by atoms with Gasteiger partial charge in [-0.15, -0.1) is 0 Å². The number of Topliss-reactive ketones (excluding diaryl/α,β-unsaturated/α-hetero) is 1. The molecule has 1 amide bonds. The number of methoxy groups -OCH3 is 2. The number of ketones is 1. The number of pyridine rings is 1. The lowest BCUT2D eigenvalue weighted by Gasteiger charge is -2.26. The van der Waals surface area contributed by atoms with E-state index in [1.165, 1.54) is 12.0 Å². The first-order valence-electron chi connectivity index (χ1n) is 12.6. The van der Waals surface area contributed by atoms with E-state index in [1.54, 1.807) is 68.0 Å². The van der Waals surface area contributed by atoms with Crippen LogP contribution in [-0.2, 0) is 16.1 Å². The van der Waals surface area contributed by atoms with E-state index in [0.29, 0.717) is 35.0 Å². The summed E-state index contributed by atoms with van der Waals surface area (Å²) in [6, 6.07) is 14.8. The normalized spacial score (nSPS) is 16.5. The molecule has 1 saturated heterocycles. The van der Waals surface area contributed by atoms with Gasteiger partial charge < -0.3 is 24.2 Å². The maximum absolute atomic E-state index is 13.4. The molecule has 3 aromatic rings. The summed E-state index contributed by atoms with van der Waals surface area (Å²) >= 11 is 0. The molecule has 2 aromatic carbocycles. The second-order valence-corrected chi connectivity index (χ2v) is 8.99. The molecule has 8 heteroatoms. The minimum atomic E-state index is -0.857. The molecule has 1 aliphatic heterocycles. The molecule has 1 aliphatic rings. The minimum absolute atomic E-state index is 0.00851. The molecule has 0 spiro atoms. The number of aliphatic hydroxyl groups is 1. The largest absolute Gasteiger partial charge is 0.507 e. The van der Waals surface area contributed by atoms with Crippen molar-refractivity contribution in [2.24, 2.45) is 0 Å². The van der Waals surface area contributed by atoms with E-state index >= 15 is 0 Å². The Morgan fingerprint density at radius 1 is 1.00 bits per heavy atom. The molecule has 1 atom stereocenters. The van der Waals surface area contributed by atoms with E-state index in [0.717, 1.165) is 24.8 Å². The molecule has 1 fully saturated rings. The standard InChI is InChI=1S/C30H32N2O6/c1-4-5-6-15-38-24-13-12-21(17-25(24)37-3)27-26(28(33)22-10-7-11-23(16-22)36-2)29(34)30(35)32(27)19-20-9-8-14-31-18-20/h7-14,16-18,27,33H,4-6,15,19H2,1-3H3/b28-26+. The fraction of sp³-hybridized carbons (Fsp3) is 0.300. The summed E-state index contributed by atoms with van der Waals surface area (Å²) in [6.45, 7) is 2.82. The van der Waals surface area contributed by atoms with Gasteiger partial charge in [0.2, 0.25) is 0 Å². The summed E-state index contributed by atoms with van der Waals surface area (Å²) in [6.07, 6.45) is 6.36. The van der Waals surface area contributed by atoms with Gasteiger partial charge in [0.15, 0.2) is 11.5 Å². The van der Waals surface area contributed by atoms with Gasteiger partial charge in [-0.25, -0.2) is 0 Å². The Balaban J connectivity index is 1.80. The summed E-state index contributed by atoms with van der Waals surface area (Å²) < 4.78 is 16.8. The lowest BCUT2D eigenvalue weighted by atomic mass is 9.94. The molecule has 0 aliphatic carbocycles. The van der Waals surface area contributed by atoms with Crippen LogP contribution < -0.4 is 14.2 Å². The maximum Gasteiger partial charge on any atom is 0.295 e. The third kappa shape index (κ3) is 5.64. The van der Waals surface area contributed by atoms with E-state index in [1.807, 2.05) is 6.07 Å². The summed E-state index contributed by atoms with van der Waals surface area (Å²) in [7, 11) is 3.06. The van der Waals surface area contributed by atoms with Gasteiger partial charge in [-0.3, -0.25) is 14.6 Å². The van der Waals surface area contributed by atoms with Gasteiger partial charge in [-0.05, 0) is 47.9 Å². The summed E-state index contributed by atoms with van der Waals surface area (Å²) in [5.74, 6) is -0.182. The molecule has 1 unspecified atom stereocenters. The predicted octanol–water partition coefficient (Wildman–Crippen LogP) is 5.29. The van der Waals surface area contributed by atoms with Crippen LogP contribution in [0.15, 0.2) is 72.6 Å². The van der Waals surface area contributed by atoms with Crippen LogP contribution in [-0.4, -0.2) is 47.5 Å². The van der Waals surface area contributed by atoms with Crippen molar-refractivity contribution in [2.45, 2.75) is 38.8 Å². The number of hydrogen-bond donors (Lipinski definition) is 1. The van der Waals surface area contributed by atoms with E-state index in [4.69, 9.17) is 14.2 Å². The summed E-state index contributed by atoms with van der Waals surface area (Å²) in [4.78, 5) is 32.3. The first kappa shape index (κ1) is 26.7. The van der Waals surface area contributed by atoms with Crippen LogP contribution >= 0.6 is 0 Å². The van der Waals surface area contributed by atoms with Gasteiger partial charge in [-0.2, -0.15) is 0 Å². The Bertz CT molecular complexity index is 1320. The van der Waals surface area contributed by atoms with Crippen LogP contribution in [0.1, 0.15) is 48.9 Å². The van der Waals surface area contributed by atoms with Gasteiger partial charge in [-0.1, -0.05) is 44.0 Å². The molecule has 2 heterocycles. The van der Waals surface area contributed by atoms with Crippen molar-refractivity contribution in [1.82, 2.24) is 9.88 Å². The van der Waals surface area contributed by atoms with Gasteiger partial charge in [0.05, 0.1) is 32.4 Å². The van der Waals surface area contributed by atoms with Gasteiger partial charge in [0.25, 0.3) is 11.7 Å². The fourth-order valence-electron chi connectivity index (χ4n) is 4.51. The Morgan fingerprint density at radius 2 is 1.84 bits per heavy atom. The number of unbranched alkanes of at least 4 members (excludes halogenated alkanes) is 2. The average Bonchev–Trinajstić information content (AvgIpc) is 3.20. The Hall–Kier alpha value is -4.33. The van der Waals surface area contributed by atoms with Crippen molar-refractivity contribution in [2.75, 3.05) is 20.8 Å². The van der Waals surface area contributed by atoms with Crippen LogP contribution in [0.5, 0.6) is 17.2 Å². The topological polar surface area (TPSA) is 98.2 Å². The molecular formula is C30H32N2O6. The highest BCUT2D eigenvalue weighted by atomic mass is 16.5. The number of nitrogens with zero attached hydrogens (tertiary/aromatic N) is 2. The molecule has 1 N–H and O–H groups in total. The monoisotopic (exact) mass is 516 g/mol. The number of likely N-dealkylation sites (tertiary alicyclic amines) is 1. The van der Waals surface area contributed by atoms with Crippen LogP contribution in [0, 0.1) is 0 Å². The van der Waals surface area contributed by atoms with Crippen molar-refractivity contribution >= 4 is 17.4 Å². The van der Waals surface area contributed by atoms with Crippen LogP contribution in [0.2, 0.25) is 0 Å². The van der Waals surface area contributed by atoms with E-state index in [9.17, 15) is 14.7 Å². The fourth-order valence-corrected chi connectivity index (χ4v) is 4.51. The Kier molecular flexibility index (Phi) is 8.63. The number of aromatic nitrogens is 1. The van der Waals surface area contributed by atoms with Gasteiger partial charge >= 0.3 is 0 Å². The number of amides is 1. The maximum atomic E-state index is 13.4. The number of benzene rings is 2. The summed E-state index contributed by atoms with van der Waals surface area (Å²) in [5.41, 5.74) is 1.72. The smallest absolute Gasteiger partial charge is 0.295 e. The van der Waals surface area contributed by atoms with Crippen molar-refractivity contribution in [1.29, 1.82) is 0 Å². The van der Waals surface area contributed by atoms with Crippen molar-refractivity contribution < 1.29 is 28.9 Å². The lowest BCUT2D eigenvalue weighted by Crippen LogP contribution is -2.29. The first-order valence-corrected chi connectivity index (χ1v) is 12.6. The molecule has 8 nitrogen and oxygen atoms in total. The second kappa shape index (κ2) is 12.3. The zero-order valence-electron chi connectivity index (χ0n) is 21.8. The molecule has 198 valence electrons. The number of carbonyl (C=O) groups is 2. The molecule has 38 heavy (non-hydrogen) atoms. The first-order chi connectivity index (χ1) is 18.5. The molecule has 0 radical (unpaired) electrons. The quantitative estimate of drug-likeness (QED) is 0.160. The highest BCUT2D eigenvalue weighted by Gasteiger charge is 2.46. The Labute approximate surface area is 222 Å². The number of rotatable bonds is 11. The molecule has 4 rings (SSSR count). The van der Waals surface area contributed by atoms with Crippen LogP contribution in [0.4, 0.5) is 0 Å². The SMILES string of the molecule is CCCCCOc1ccc(C2/C(=C(\O)c3cccc(OC)c3)C(=O)C(=O)N2Cc2cccnc2)cc1OC. The van der Waals surface area contributed by atoms with E-state index < -0.39 is 17.7 Å². The third-order valence-electron chi connectivity index (χ3n) is 6.47. The second-order valence-electron chi connectivity index (χ2n) is 8.99. The number of ether oxygens (including phenoxy) is 3. The number of carbonyl (C=O) groups excluding carboxylic acids is 2. The highest BCUT2D eigenvalue weighted by Crippen LogP contribution is 2.43. The van der Waals surface area contributed by atoms with Crippen LogP contribution in [0.3, 0.4) is 0 Å². The summed E-state index contributed by atoms with van der Waals surface area (Å²) in [5, 5.41) is 11.3. The van der Waals surface area contributed by atoms with E-state index in [2.05, 4.69) is 11.9 Å². The number of hydrogen-bond acceptors (Lipinski definition) is 7. The lowest BCUT2D eigenvalue weighted by molar-refractivity contribution is -0.140. The van der Waals surface area contributed by atoms with Crippen molar-refractivity contribution in [3.63, 3.8) is 0 Å². The van der Waals surface area contributed by atoms with Crippen molar-refractivity contribution in [3.8, 4) is 17.2 Å². The number of aliphatic hydroxyl groups excluding tert-OH is 1. The Morgan fingerprint density at radius 3 is 2.55 bits per heavy atom. The van der Waals surface area contributed by atoms with E-state index in [-0.39, 0.29) is 17.9 Å². The molecular weight excluding hydrogens is 484 g/mol. The molecule has 0 bridgehead atoms. The van der Waals surface area contributed by atoms with Gasteiger partial charge in [0, 0.05) is 24.5 Å². The molecule has 0 saturated carbocycles. The zero-order valence-corrected chi connectivity index (χ0v) is 21.8. The highest BCUT2D eigenvalue weighted by molar-refractivity contribution is 6.46. The third-order valence-corrected chi connectivity index (χ3v) is 6.47. The average molecular weight is 517 g/mol.